The molecule has 1 aliphatic heterocycles. The number of azo groups is 1. The first kappa shape index (κ1) is 17.2. The van der Waals surface area contributed by atoms with Gasteiger partial charge in [0.1, 0.15) is 0 Å². The molecule has 0 spiro atoms. The fourth-order valence-electron chi connectivity index (χ4n) is 3.32. The zero-order valence-electron chi connectivity index (χ0n) is 15.4. The lowest BCUT2D eigenvalue weighted by Gasteiger charge is -2.27. The Morgan fingerprint density at radius 1 is 1.12 bits per heavy atom. The predicted octanol–water partition coefficient (Wildman–Crippen LogP) is 6.23. The normalized spacial score (nSPS) is 15.0. The summed E-state index contributed by atoms with van der Waals surface area (Å²) >= 11 is 1.90. The van der Waals surface area contributed by atoms with Crippen molar-refractivity contribution >= 4 is 34.0 Å². The summed E-state index contributed by atoms with van der Waals surface area (Å²) in [4.78, 5) is 0. The molecule has 1 N–H and O–H groups in total. The average Bonchev–Trinajstić information content (AvgIpc) is 2.86. The molecule has 1 aliphatic rings. The number of aromatic nitrogens is 1. The summed E-state index contributed by atoms with van der Waals surface area (Å²) in [5.41, 5.74) is 5.92. The van der Waals surface area contributed by atoms with Crippen LogP contribution in [0.4, 0.5) is 11.4 Å². The van der Waals surface area contributed by atoms with Crippen molar-refractivity contribution in [1.82, 2.24) is 4.57 Å². The van der Waals surface area contributed by atoms with Gasteiger partial charge < -0.3 is 9.67 Å². The van der Waals surface area contributed by atoms with Gasteiger partial charge in [-0.25, -0.2) is 0 Å². The third-order valence-corrected chi connectivity index (χ3v) is 6.27. The molecule has 1 saturated heterocycles. The molecular weight excluding hydrogens is 342 g/mol. The van der Waals surface area contributed by atoms with E-state index in [2.05, 4.69) is 41.4 Å². The molecule has 2 heterocycles. The van der Waals surface area contributed by atoms with Gasteiger partial charge in [0.25, 0.3) is 0 Å². The molecule has 1 aromatic heterocycles. The quantitative estimate of drug-likeness (QED) is 0.557. The molecule has 0 bridgehead atoms. The first-order chi connectivity index (χ1) is 12.6. The molecule has 2 aromatic carbocycles. The van der Waals surface area contributed by atoms with E-state index in [0.717, 1.165) is 45.6 Å². The average molecular weight is 366 g/mol. The van der Waals surface area contributed by atoms with Crippen molar-refractivity contribution in [2.45, 2.75) is 33.2 Å². The summed E-state index contributed by atoms with van der Waals surface area (Å²) in [5.74, 6) is 2.29. The topological polar surface area (TPSA) is 49.9 Å². The van der Waals surface area contributed by atoms with E-state index >= 15 is 0 Å². The maximum absolute atomic E-state index is 10.9. The highest BCUT2D eigenvalue weighted by molar-refractivity contribution is 8.00. The van der Waals surface area contributed by atoms with Crippen LogP contribution in [0, 0.1) is 13.8 Å². The van der Waals surface area contributed by atoms with E-state index in [9.17, 15) is 5.11 Å². The molecule has 5 heteroatoms. The lowest BCUT2D eigenvalue weighted by Crippen LogP contribution is -2.22. The van der Waals surface area contributed by atoms with E-state index in [1.807, 2.05) is 42.3 Å². The Morgan fingerprint density at radius 3 is 2.62 bits per heavy atom. The number of fused-ring (bicyclic) bond motifs is 1. The Kier molecular flexibility index (Phi) is 4.49. The molecule has 134 valence electrons. The summed E-state index contributed by atoms with van der Waals surface area (Å²) in [7, 11) is 0. The zero-order valence-corrected chi connectivity index (χ0v) is 16.2. The molecule has 0 saturated carbocycles. The van der Waals surface area contributed by atoms with Gasteiger partial charge >= 0.3 is 0 Å². The van der Waals surface area contributed by atoms with Gasteiger partial charge in [0.05, 0.1) is 17.2 Å². The Labute approximate surface area is 158 Å². The molecule has 0 radical (unpaired) electrons. The first-order valence-electron chi connectivity index (χ1n) is 9.01. The molecule has 0 unspecified atom stereocenters. The summed E-state index contributed by atoms with van der Waals surface area (Å²) in [6.45, 7) is 6.21. The van der Waals surface area contributed by atoms with Gasteiger partial charge in [0.2, 0.25) is 5.88 Å². The van der Waals surface area contributed by atoms with E-state index in [0.29, 0.717) is 11.7 Å². The highest BCUT2D eigenvalue weighted by Crippen LogP contribution is 2.45. The van der Waals surface area contributed by atoms with Crippen molar-refractivity contribution < 1.29 is 5.11 Å². The largest absolute Gasteiger partial charge is 0.493 e. The van der Waals surface area contributed by atoms with Crippen LogP contribution in [-0.2, 0) is 6.42 Å². The number of aryl methyl sites for hydroxylation is 3. The number of benzene rings is 2. The van der Waals surface area contributed by atoms with E-state index in [1.165, 1.54) is 5.56 Å². The number of thioether (sulfide) groups is 1. The second-order valence-corrected chi connectivity index (χ2v) is 8.00. The van der Waals surface area contributed by atoms with E-state index in [4.69, 9.17) is 0 Å². The van der Waals surface area contributed by atoms with Crippen LogP contribution in [0.15, 0.2) is 46.6 Å². The van der Waals surface area contributed by atoms with Crippen LogP contribution in [0.1, 0.15) is 29.7 Å². The second-order valence-electron chi connectivity index (χ2n) is 6.93. The minimum atomic E-state index is 0.229. The maximum Gasteiger partial charge on any atom is 0.221 e. The molecule has 3 aromatic rings. The Hall–Kier alpha value is -2.27. The Morgan fingerprint density at radius 2 is 1.92 bits per heavy atom. The van der Waals surface area contributed by atoms with Crippen molar-refractivity contribution in [3.63, 3.8) is 0 Å². The predicted molar refractivity (Wildman–Crippen MR) is 109 cm³/mol. The van der Waals surface area contributed by atoms with Crippen molar-refractivity contribution in [3.05, 3.63) is 53.1 Å². The summed E-state index contributed by atoms with van der Waals surface area (Å²) in [6, 6.07) is 12.8. The van der Waals surface area contributed by atoms with E-state index in [1.54, 1.807) is 0 Å². The molecule has 0 aliphatic carbocycles. The van der Waals surface area contributed by atoms with Crippen LogP contribution in [-0.4, -0.2) is 21.2 Å². The number of rotatable bonds is 4. The van der Waals surface area contributed by atoms with Crippen LogP contribution in [0.5, 0.6) is 5.88 Å². The van der Waals surface area contributed by atoms with E-state index < -0.39 is 0 Å². The van der Waals surface area contributed by atoms with Gasteiger partial charge in [-0.2, -0.15) is 16.9 Å². The highest BCUT2D eigenvalue weighted by Gasteiger charge is 2.27. The molecule has 0 atom stereocenters. The molecule has 26 heavy (non-hydrogen) atoms. The molecule has 4 nitrogen and oxygen atoms in total. The lowest BCUT2D eigenvalue weighted by atomic mass is 10.1. The summed E-state index contributed by atoms with van der Waals surface area (Å²) in [6.07, 6.45) is 0.953. The number of aromatic hydroxyl groups is 1. The lowest BCUT2D eigenvalue weighted by molar-refractivity contribution is 0.406. The molecular formula is C21H23N3OS. The minimum absolute atomic E-state index is 0.229. The van der Waals surface area contributed by atoms with Gasteiger partial charge in [-0.15, -0.1) is 5.11 Å². The molecule has 1 fully saturated rings. The van der Waals surface area contributed by atoms with Crippen molar-refractivity contribution in [2.24, 2.45) is 10.2 Å². The van der Waals surface area contributed by atoms with Gasteiger partial charge in [-0.05, 0) is 55.2 Å². The van der Waals surface area contributed by atoms with Crippen molar-refractivity contribution in [2.75, 3.05) is 11.5 Å². The fourth-order valence-corrected chi connectivity index (χ4v) is 4.07. The van der Waals surface area contributed by atoms with Crippen molar-refractivity contribution in [1.29, 1.82) is 0 Å². The summed E-state index contributed by atoms with van der Waals surface area (Å²) in [5, 5.41) is 20.8. The number of hydrogen-bond acceptors (Lipinski definition) is 4. The van der Waals surface area contributed by atoms with Crippen molar-refractivity contribution in [3.8, 4) is 5.88 Å². The monoisotopic (exact) mass is 365 g/mol. The third-order valence-electron chi connectivity index (χ3n) is 5.03. The van der Waals surface area contributed by atoms with Gasteiger partial charge in [-0.1, -0.05) is 25.1 Å². The standard InChI is InChI=1S/C21H23N3OS/c1-4-15-7-8-19-17(10-15)20(21(25)24(19)16-11-26-12-16)23-22-18-9-13(2)5-6-14(18)3/h5-10,16,25H,4,11-12H2,1-3H3. The fraction of sp³-hybridized carbons (Fsp3) is 0.333. The number of hydrogen-bond donors (Lipinski definition) is 1. The molecule has 4 rings (SSSR count). The maximum atomic E-state index is 10.9. The summed E-state index contributed by atoms with van der Waals surface area (Å²) < 4.78 is 2.03. The molecule has 0 amide bonds. The van der Waals surface area contributed by atoms with Gasteiger partial charge in [-0.3, -0.25) is 0 Å². The highest BCUT2D eigenvalue weighted by atomic mass is 32.2. The first-order valence-corrected chi connectivity index (χ1v) is 10.2. The van der Waals surface area contributed by atoms with Crippen LogP contribution in [0.3, 0.4) is 0 Å². The van der Waals surface area contributed by atoms with Gasteiger partial charge in [0, 0.05) is 16.9 Å². The SMILES string of the molecule is CCc1ccc2c(c1)c(N=Nc1cc(C)ccc1C)c(O)n2C1CSC1. The Balaban J connectivity index is 1.86. The minimum Gasteiger partial charge on any atom is -0.493 e. The van der Waals surface area contributed by atoms with Gasteiger partial charge in [0.15, 0.2) is 5.69 Å². The zero-order chi connectivity index (χ0) is 18.3. The third kappa shape index (κ3) is 2.90. The van der Waals surface area contributed by atoms with Crippen LogP contribution < -0.4 is 0 Å². The second kappa shape index (κ2) is 6.80. The van der Waals surface area contributed by atoms with Crippen LogP contribution in [0.2, 0.25) is 0 Å². The number of nitrogens with zero attached hydrogens (tertiary/aromatic N) is 3. The van der Waals surface area contributed by atoms with Crippen LogP contribution in [0.25, 0.3) is 10.9 Å². The smallest absolute Gasteiger partial charge is 0.221 e. The Bertz CT molecular complexity index is 1000. The van der Waals surface area contributed by atoms with E-state index in [-0.39, 0.29) is 5.88 Å². The van der Waals surface area contributed by atoms with Crippen LogP contribution >= 0.6 is 11.8 Å².